The van der Waals surface area contributed by atoms with Gasteiger partial charge in [0.2, 0.25) is 0 Å². The van der Waals surface area contributed by atoms with Gasteiger partial charge in [0.15, 0.2) is 0 Å². The van der Waals surface area contributed by atoms with Crippen molar-refractivity contribution in [3.05, 3.63) is 29.0 Å². The normalized spacial score (nSPS) is 17.6. The maximum atomic E-state index is 5.78. The summed E-state index contributed by atoms with van der Waals surface area (Å²) >= 11 is 5.78. The Morgan fingerprint density at radius 2 is 2.12 bits per heavy atom. The molecule has 2 rings (SSSR count). The van der Waals surface area contributed by atoms with Gasteiger partial charge >= 0.3 is 0 Å². The molecule has 0 N–H and O–H groups in total. The second kappa shape index (κ2) is 6.18. The Balaban J connectivity index is 1.69. The third kappa shape index (κ3) is 3.74. The number of ether oxygens (including phenoxy) is 1. The lowest BCUT2D eigenvalue weighted by Gasteiger charge is -2.26. The highest BCUT2D eigenvalue weighted by molar-refractivity contribution is 6.30. The largest absolute Gasteiger partial charge is 0.379 e. The SMILES string of the molecule is Clc1ccc(CCCN2CCOCC2)nc1. The number of pyridine rings is 1. The third-order valence-corrected chi connectivity index (χ3v) is 3.02. The van der Waals surface area contributed by atoms with E-state index in [0.29, 0.717) is 5.02 Å². The summed E-state index contributed by atoms with van der Waals surface area (Å²) in [7, 11) is 0. The summed E-state index contributed by atoms with van der Waals surface area (Å²) in [5.41, 5.74) is 1.12. The molecule has 1 aliphatic rings. The maximum Gasteiger partial charge on any atom is 0.0594 e. The second-order valence-corrected chi connectivity index (χ2v) is 4.46. The fraction of sp³-hybridized carbons (Fsp3) is 0.583. The highest BCUT2D eigenvalue weighted by Crippen LogP contribution is 2.08. The first kappa shape index (κ1) is 11.8. The molecule has 0 aromatic carbocycles. The van der Waals surface area contributed by atoms with E-state index in [0.717, 1.165) is 51.4 Å². The van der Waals surface area contributed by atoms with E-state index in [4.69, 9.17) is 16.3 Å². The zero-order chi connectivity index (χ0) is 11.2. The molecule has 0 bridgehead atoms. The number of morpholine rings is 1. The highest BCUT2D eigenvalue weighted by atomic mass is 35.5. The predicted molar refractivity (Wildman–Crippen MR) is 64.8 cm³/mol. The first-order valence-electron chi connectivity index (χ1n) is 5.75. The molecule has 1 aliphatic heterocycles. The van der Waals surface area contributed by atoms with Gasteiger partial charge in [0.25, 0.3) is 0 Å². The average Bonchev–Trinajstić information content (AvgIpc) is 2.33. The lowest BCUT2D eigenvalue weighted by atomic mass is 10.2. The van der Waals surface area contributed by atoms with E-state index in [-0.39, 0.29) is 0 Å². The predicted octanol–water partition coefficient (Wildman–Crippen LogP) is 2.00. The second-order valence-electron chi connectivity index (χ2n) is 4.03. The van der Waals surface area contributed by atoms with Gasteiger partial charge < -0.3 is 4.74 Å². The van der Waals surface area contributed by atoms with Crippen molar-refractivity contribution in [1.29, 1.82) is 0 Å². The van der Waals surface area contributed by atoms with Crippen LogP contribution in [-0.4, -0.2) is 42.7 Å². The monoisotopic (exact) mass is 240 g/mol. The molecule has 0 saturated carbocycles. The summed E-state index contributed by atoms with van der Waals surface area (Å²) in [4.78, 5) is 6.73. The van der Waals surface area contributed by atoms with E-state index in [1.807, 2.05) is 12.1 Å². The number of rotatable bonds is 4. The molecule has 0 amide bonds. The van der Waals surface area contributed by atoms with Crippen molar-refractivity contribution < 1.29 is 4.74 Å². The van der Waals surface area contributed by atoms with Crippen molar-refractivity contribution in [1.82, 2.24) is 9.88 Å². The van der Waals surface area contributed by atoms with Crippen molar-refractivity contribution >= 4 is 11.6 Å². The summed E-state index contributed by atoms with van der Waals surface area (Å²) < 4.78 is 5.31. The van der Waals surface area contributed by atoms with Crippen molar-refractivity contribution in [3.8, 4) is 0 Å². The van der Waals surface area contributed by atoms with Crippen LogP contribution in [0, 0.1) is 0 Å². The maximum absolute atomic E-state index is 5.78. The molecule has 0 unspecified atom stereocenters. The fourth-order valence-electron chi connectivity index (χ4n) is 1.86. The van der Waals surface area contributed by atoms with Crippen LogP contribution in [0.25, 0.3) is 0 Å². The van der Waals surface area contributed by atoms with Crippen LogP contribution in [0.15, 0.2) is 18.3 Å². The standard InChI is InChI=1S/C12H17ClN2O/c13-11-3-4-12(14-10-11)2-1-5-15-6-8-16-9-7-15/h3-4,10H,1-2,5-9H2. The van der Waals surface area contributed by atoms with Crippen LogP contribution in [0.3, 0.4) is 0 Å². The molecule has 0 aliphatic carbocycles. The molecule has 0 radical (unpaired) electrons. The van der Waals surface area contributed by atoms with Gasteiger partial charge in [0, 0.05) is 25.0 Å². The molecule has 1 saturated heterocycles. The summed E-state index contributed by atoms with van der Waals surface area (Å²) in [5.74, 6) is 0. The Labute approximate surface area is 101 Å². The van der Waals surface area contributed by atoms with Crippen LogP contribution in [0.5, 0.6) is 0 Å². The Morgan fingerprint density at radius 3 is 2.81 bits per heavy atom. The molecular formula is C12H17ClN2O. The van der Waals surface area contributed by atoms with E-state index in [1.54, 1.807) is 6.20 Å². The molecule has 1 aromatic heterocycles. The van der Waals surface area contributed by atoms with Gasteiger partial charge in [0.1, 0.15) is 0 Å². The zero-order valence-corrected chi connectivity index (χ0v) is 10.1. The van der Waals surface area contributed by atoms with E-state index in [9.17, 15) is 0 Å². The lowest BCUT2D eigenvalue weighted by molar-refractivity contribution is 0.0374. The molecule has 4 heteroatoms. The number of aryl methyl sites for hydroxylation is 1. The molecule has 88 valence electrons. The average molecular weight is 241 g/mol. The van der Waals surface area contributed by atoms with Gasteiger partial charge in [-0.1, -0.05) is 11.6 Å². The van der Waals surface area contributed by atoms with Crippen LogP contribution < -0.4 is 0 Å². The van der Waals surface area contributed by atoms with E-state index in [1.165, 1.54) is 0 Å². The van der Waals surface area contributed by atoms with Gasteiger partial charge in [-0.2, -0.15) is 0 Å². The molecule has 1 fully saturated rings. The summed E-state index contributed by atoms with van der Waals surface area (Å²) in [5, 5.41) is 0.705. The topological polar surface area (TPSA) is 25.4 Å². The van der Waals surface area contributed by atoms with E-state index in [2.05, 4.69) is 9.88 Å². The molecular weight excluding hydrogens is 224 g/mol. The zero-order valence-electron chi connectivity index (χ0n) is 9.36. The van der Waals surface area contributed by atoms with Gasteiger partial charge in [0.05, 0.1) is 18.2 Å². The first-order chi connectivity index (χ1) is 7.84. The van der Waals surface area contributed by atoms with Crippen molar-refractivity contribution in [2.45, 2.75) is 12.8 Å². The van der Waals surface area contributed by atoms with Crippen molar-refractivity contribution in [2.75, 3.05) is 32.8 Å². The number of nitrogens with zero attached hydrogens (tertiary/aromatic N) is 2. The Bertz CT molecular complexity index is 309. The molecule has 1 aromatic rings. The summed E-state index contributed by atoms with van der Waals surface area (Å²) in [6.45, 7) is 5.01. The smallest absolute Gasteiger partial charge is 0.0594 e. The van der Waals surface area contributed by atoms with Gasteiger partial charge in [-0.3, -0.25) is 9.88 Å². The van der Waals surface area contributed by atoms with Crippen LogP contribution in [0.2, 0.25) is 5.02 Å². The van der Waals surface area contributed by atoms with Crippen LogP contribution in [0.1, 0.15) is 12.1 Å². The molecule has 0 spiro atoms. The molecule has 16 heavy (non-hydrogen) atoms. The highest BCUT2D eigenvalue weighted by Gasteiger charge is 2.09. The number of aromatic nitrogens is 1. The fourth-order valence-corrected chi connectivity index (χ4v) is 1.97. The molecule has 2 heterocycles. The minimum Gasteiger partial charge on any atom is -0.379 e. The van der Waals surface area contributed by atoms with E-state index >= 15 is 0 Å². The first-order valence-corrected chi connectivity index (χ1v) is 6.13. The van der Waals surface area contributed by atoms with Gasteiger partial charge in [-0.15, -0.1) is 0 Å². The Morgan fingerprint density at radius 1 is 1.31 bits per heavy atom. The quantitative estimate of drug-likeness (QED) is 0.805. The summed E-state index contributed by atoms with van der Waals surface area (Å²) in [6.07, 6.45) is 3.88. The Kier molecular flexibility index (Phi) is 4.57. The minimum atomic E-state index is 0.705. The minimum absolute atomic E-state index is 0.705. The number of halogens is 1. The molecule has 0 atom stereocenters. The van der Waals surface area contributed by atoms with Crippen LogP contribution >= 0.6 is 11.6 Å². The van der Waals surface area contributed by atoms with Crippen LogP contribution in [-0.2, 0) is 11.2 Å². The summed E-state index contributed by atoms with van der Waals surface area (Å²) in [6, 6.07) is 3.90. The van der Waals surface area contributed by atoms with Crippen molar-refractivity contribution in [2.24, 2.45) is 0 Å². The van der Waals surface area contributed by atoms with Gasteiger partial charge in [-0.25, -0.2) is 0 Å². The Hall–Kier alpha value is -0.640. The lowest BCUT2D eigenvalue weighted by Crippen LogP contribution is -2.36. The third-order valence-electron chi connectivity index (χ3n) is 2.80. The van der Waals surface area contributed by atoms with Gasteiger partial charge in [-0.05, 0) is 31.5 Å². The van der Waals surface area contributed by atoms with Crippen molar-refractivity contribution in [3.63, 3.8) is 0 Å². The number of hydrogen-bond donors (Lipinski definition) is 0. The number of hydrogen-bond acceptors (Lipinski definition) is 3. The van der Waals surface area contributed by atoms with E-state index < -0.39 is 0 Å². The van der Waals surface area contributed by atoms with Crippen LogP contribution in [0.4, 0.5) is 0 Å². The molecule has 3 nitrogen and oxygen atoms in total.